The van der Waals surface area contributed by atoms with Crippen LogP contribution in [0.5, 0.6) is 0 Å². The first kappa shape index (κ1) is 13.8. The number of aromatic nitrogens is 2. The molecule has 21 heavy (non-hydrogen) atoms. The molecule has 0 aromatic carbocycles. The smallest absolute Gasteiger partial charge is 0.133 e. The summed E-state index contributed by atoms with van der Waals surface area (Å²) in [4.78, 5) is 13.7. The number of hydrogen-bond acceptors (Lipinski definition) is 4. The Morgan fingerprint density at radius 1 is 1.10 bits per heavy atom. The van der Waals surface area contributed by atoms with Crippen molar-refractivity contribution >= 4 is 5.82 Å². The lowest BCUT2D eigenvalue weighted by Crippen LogP contribution is -2.31. The number of nitrogens with zero attached hydrogens (tertiary/aromatic N) is 4. The van der Waals surface area contributed by atoms with E-state index in [2.05, 4.69) is 38.5 Å². The molecule has 4 heteroatoms. The maximum Gasteiger partial charge on any atom is 0.133 e. The zero-order chi connectivity index (χ0) is 14.5. The van der Waals surface area contributed by atoms with Crippen molar-refractivity contribution in [1.82, 2.24) is 14.9 Å². The zero-order valence-electron chi connectivity index (χ0n) is 12.2. The highest BCUT2D eigenvalue weighted by molar-refractivity contribution is 5.48. The fraction of sp³-hybridized carbons (Fsp3) is 0.294. The van der Waals surface area contributed by atoms with Crippen molar-refractivity contribution in [3.63, 3.8) is 0 Å². The van der Waals surface area contributed by atoms with Gasteiger partial charge in [-0.05, 0) is 18.2 Å². The molecule has 0 atom stereocenters. The molecule has 0 unspecified atom stereocenters. The molecule has 2 aromatic rings. The number of hydrogen-bond donors (Lipinski definition) is 0. The predicted octanol–water partition coefficient (Wildman–Crippen LogP) is 2.48. The summed E-state index contributed by atoms with van der Waals surface area (Å²) in [6, 6.07) is 10.2. The molecule has 108 valence electrons. The van der Waals surface area contributed by atoms with Crippen molar-refractivity contribution < 1.29 is 0 Å². The highest BCUT2D eigenvalue weighted by Crippen LogP contribution is 2.22. The van der Waals surface area contributed by atoms with Crippen molar-refractivity contribution in [3.8, 4) is 0 Å². The van der Waals surface area contributed by atoms with E-state index in [0.29, 0.717) is 0 Å². The first-order valence-corrected chi connectivity index (χ1v) is 7.29. The van der Waals surface area contributed by atoms with Crippen LogP contribution in [0.2, 0.25) is 0 Å². The second-order valence-electron chi connectivity index (χ2n) is 5.25. The van der Waals surface area contributed by atoms with Gasteiger partial charge >= 0.3 is 0 Å². The van der Waals surface area contributed by atoms with E-state index in [0.717, 1.165) is 44.2 Å². The standard InChI is InChI=1S/C17H20N4/c1-2-10-21-12-11-20(14-16-7-3-4-8-18-16)13-15-6-5-9-19-17(15)21/h2-9H,1,10-14H2. The molecule has 0 saturated heterocycles. The van der Waals surface area contributed by atoms with Gasteiger partial charge in [-0.25, -0.2) is 4.98 Å². The number of pyridine rings is 2. The second kappa shape index (κ2) is 6.50. The van der Waals surface area contributed by atoms with Gasteiger partial charge in [0.25, 0.3) is 0 Å². The molecule has 1 aliphatic rings. The number of rotatable bonds is 4. The molecule has 0 saturated carbocycles. The number of fused-ring (bicyclic) bond motifs is 1. The summed E-state index contributed by atoms with van der Waals surface area (Å²) < 4.78 is 0. The van der Waals surface area contributed by atoms with Gasteiger partial charge < -0.3 is 4.90 Å². The molecular weight excluding hydrogens is 260 g/mol. The van der Waals surface area contributed by atoms with E-state index in [1.807, 2.05) is 36.7 Å². The summed E-state index contributed by atoms with van der Waals surface area (Å²) >= 11 is 0. The molecule has 2 aromatic heterocycles. The Hall–Kier alpha value is -2.20. The van der Waals surface area contributed by atoms with Crippen LogP contribution in [0, 0.1) is 0 Å². The summed E-state index contributed by atoms with van der Waals surface area (Å²) in [5, 5.41) is 0. The average Bonchev–Trinajstić information content (AvgIpc) is 2.69. The van der Waals surface area contributed by atoms with E-state index in [1.54, 1.807) is 0 Å². The third-order valence-electron chi connectivity index (χ3n) is 3.71. The van der Waals surface area contributed by atoms with Gasteiger partial charge in [-0.1, -0.05) is 18.2 Å². The summed E-state index contributed by atoms with van der Waals surface area (Å²) in [6.07, 6.45) is 5.66. The number of anilines is 1. The molecule has 0 fully saturated rings. The lowest BCUT2D eigenvalue weighted by molar-refractivity contribution is 0.266. The van der Waals surface area contributed by atoms with Gasteiger partial charge in [0.15, 0.2) is 0 Å². The lowest BCUT2D eigenvalue weighted by Gasteiger charge is -2.22. The van der Waals surface area contributed by atoms with Gasteiger partial charge in [-0.2, -0.15) is 0 Å². The van der Waals surface area contributed by atoms with Gasteiger partial charge in [0.2, 0.25) is 0 Å². The van der Waals surface area contributed by atoms with Crippen molar-refractivity contribution in [2.75, 3.05) is 24.5 Å². The highest BCUT2D eigenvalue weighted by Gasteiger charge is 2.20. The first-order valence-electron chi connectivity index (χ1n) is 7.29. The summed E-state index contributed by atoms with van der Waals surface area (Å²) in [7, 11) is 0. The molecule has 0 spiro atoms. The summed E-state index contributed by atoms with van der Waals surface area (Å²) in [6.45, 7) is 8.43. The van der Waals surface area contributed by atoms with Gasteiger partial charge in [0, 0.05) is 50.7 Å². The van der Waals surface area contributed by atoms with Crippen LogP contribution in [0.1, 0.15) is 11.3 Å². The quantitative estimate of drug-likeness (QED) is 0.805. The fourth-order valence-electron chi connectivity index (χ4n) is 2.72. The van der Waals surface area contributed by atoms with E-state index < -0.39 is 0 Å². The Morgan fingerprint density at radius 2 is 2.00 bits per heavy atom. The molecule has 0 radical (unpaired) electrons. The molecule has 0 amide bonds. The van der Waals surface area contributed by atoms with Crippen LogP contribution in [-0.2, 0) is 13.1 Å². The molecule has 0 aliphatic carbocycles. The lowest BCUT2D eigenvalue weighted by atomic mass is 10.2. The van der Waals surface area contributed by atoms with Gasteiger partial charge in [0.1, 0.15) is 5.82 Å². The van der Waals surface area contributed by atoms with Gasteiger partial charge in [-0.15, -0.1) is 6.58 Å². The zero-order valence-corrected chi connectivity index (χ0v) is 12.2. The maximum absolute atomic E-state index is 4.56. The monoisotopic (exact) mass is 280 g/mol. The van der Waals surface area contributed by atoms with E-state index in [4.69, 9.17) is 0 Å². The van der Waals surface area contributed by atoms with E-state index >= 15 is 0 Å². The van der Waals surface area contributed by atoms with Gasteiger partial charge in [0.05, 0.1) is 5.69 Å². The Kier molecular flexibility index (Phi) is 4.26. The molecule has 0 N–H and O–H groups in total. The maximum atomic E-state index is 4.56. The van der Waals surface area contributed by atoms with Gasteiger partial charge in [-0.3, -0.25) is 9.88 Å². The largest absolute Gasteiger partial charge is 0.351 e. The SMILES string of the molecule is C=CCN1CCN(Cc2ccccn2)Cc2cccnc21. The van der Waals surface area contributed by atoms with E-state index in [9.17, 15) is 0 Å². The van der Waals surface area contributed by atoms with Crippen molar-refractivity contribution in [2.24, 2.45) is 0 Å². The fourth-order valence-corrected chi connectivity index (χ4v) is 2.72. The average molecular weight is 280 g/mol. The molecule has 4 nitrogen and oxygen atoms in total. The first-order chi connectivity index (χ1) is 10.4. The molecule has 3 rings (SSSR count). The molecule has 0 bridgehead atoms. The normalized spacial score (nSPS) is 15.3. The van der Waals surface area contributed by atoms with Crippen molar-refractivity contribution in [1.29, 1.82) is 0 Å². The topological polar surface area (TPSA) is 32.3 Å². The van der Waals surface area contributed by atoms with Crippen LogP contribution < -0.4 is 4.90 Å². The molecular formula is C17H20N4. The summed E-state index contributed by atoms with van der Waals surface area (Å²) in [5.41, 5.74) is 2.38. The minimum absolute atomic E-state index is 0.835. The second-order valence-corrected chi connectivity index (χ2v) is 5.25. The van der Waals surface area contributed by atoms with Crippen LogP contribution in [0.3, 0.4) is 0 Å². The third kappa shape index (κ3) is 3.28. The molecule has 3 heterocycles. The van der Waals surface area contributed by atoms with Crippen LogP contribution in [-0.4, -0.2) is 34.5 Å². The van der Waals surface area contributed by atoms with E-state index in [1.165, 1.54) is 5.56 Å². The van der Waals surface area contributed by atoms with Crippen LogP contribution in [0.15, 0.2) is 55.4 Å². The minimum Gasteiger partial charge on any atom is -0.351 e. The minimum atomic E-state index is 0.835. The summed E-state index contributed by atoms with van der Waals surface area (Å²) in [5.74, 6) is 1.08. The highest BCUT2D eigenvalue weighted by atomic mass is 15.2. The predicted molar refractivity (Wildman–Crippen MR) is 85.0 cm³/mol. The van der Waals surface area contributed by atoms with Crippen molar-refractivity contribution in [2.45, 2.75) is 13.1 Å². The van der Waals surface area contributed by atoms with E-state index in [-0.39, 0.29) is 0 Å². The Bertz CT molecular complexity index is 597. The third-order valence-corrected chi connectivity index (χ3v) is 3.71. The van der Waals surface area contributed by atoms with Crippen LogP contribution in [0.25, 0.3) is 0 Å². The Morgan fingerprint density at radius 3 is 2.81 bits per heavy atom. The van der Waals surface area contributed by atoms with Crippen LogP contribution >= 0.6 is 0 Å². The Balaban J connectivity index is 1.80. The Labute approximate surface area is 125 Å². The van der Waals surface area contributed by atoms with Crippen LogP contribution in [0.4, 0.5) is 5.82 Å². The molecule has 1 aliphatic heterocycles. The van der Waals surface area contributed by atoms with Crippen molar-refractivity contribution in [3.05, 3.63) is 66.6 Å².